The highest BCUT2D eigenvalue weighted by Gasteiger charge is 2.39. The van der Waals surface area contributed by atoms with E-state index in [2.05, 4.69) is 15.3 Å². The number of halogens is 3. The minimum absolute atomic E-state index is 0.395. The lowest BCUT2D eigenvalue weighted by Crippen LogP contribution is -2.26. The third-order valence-corrected chi connectivity index (χ3v) is 6.09. The van der Waals surface area contributed by atoms with E-state index >= 15 is 0 Å². The second kappa shape index (κ2) is 6.76. The van der Waals surface area contributed by atoms with Crippen molar-refractivity contribution in [3.63, 3.8) is 0 Å². The van der Waals surface area contributed by atoms with Crippen LogP contribution in [-0.2, 0) is 6.18 Å². The Bertz CT molecular complexity index is 792. The summed E-state index contributed by atoms with van der Waals surface area (Å²) in [6.07, 6.45) is 4.27. The van der Waals surface area contributed by atoms with E-state index in [9.17, 15) is 13.2 Å². The Morgan fingerprint density at radius 3 is 2.46 bits per heavy atom. The zero-order valence-electron chi connectivity index (χ0n) is 14.4. The van der Waals surface area contributed by atoms with E-state index in [1.165, 1.54) is 43.2 Å². The number of thioether (sulfide) groups is 1. The molecular formula is C19H20F3N3S. The van der Waals surface area contributed by atoms with Crippen LogP contribution in [0.15, 0.2) is 35.6 Å². The van der Waals surface area contributed by atoms with Crippen LogP contribution in [0.1, 0.15) is 31.2 Å². The van der Waals surface area contributed by atoms with Crippen molar-refractivity contribution >= 4 is 17.6 Å². The molecular weight excluding hydrogens is 359 g/mol. The monoisotopic (exact) mass is 379 g/mol. The summed E-state index contributed by atoms with van der Waals surface area (Å²) in [6.45, 7) is 0. The molecule has 0 unspecified atom stereocenters. The van der Waals surface area contributed by atoms with Crippen molar-refractivity contribution in [3.8, 4) is 11.1 Å². The van der Waals surface area contributed by atoms with Crippen LogP contribution in [0.5, 0.6) is 0 Å². The quantitative estimate of drug-likeness (QED) is 0.563. The third-order valence-electron chi connectivity index (χ3n) is 5.53. The molecule has 2 aliphatic rings. The van der Waals surface area contributed by atoms with Gasteiger partial charge in [0.05, 0.1) is 5.56 Å². The maximum absolute atomic E-state index is 12.8. The van der Waals surface area contributed by atoms with Gasteiger partial charge < -0.3 is 5.32 Å². The van der Waals surface area contributed by atoms with Gasteiger partial charge in [-0.3, -0.25) is 0 Å². The number of nitrogens with one attached hydrogen (secondary N) is 1. The van der Waals surface area contributed by atoms with Crippen LogP contribution in [-0.4, -0.2) is 22.3 Å². The van der Waals surface area contributed by atoms with Gasteiger partial charge in [0.1, 0.15) is 5.82 Å². The molecule has 3 nitrogen and oxygen atoms in total. The van der Waals surface area contributed by atoms with Crippen molar-refractivity contribution in [1.29, 1.82) is 0 Å². The van der Waals surface area contributed by atoms with E-state index in [1.54, 1.807) is 6.20 Å². The van der Waals surface area contributed by atoms with Crippen LogP contribution in [0.2, 0.25) is 0 Å². The number of nitrogens with zero attached hydrogens (tertiary/aromatic N) is 2. The first kappa shape index (κ1) is 17.6. The number of rotatable bonds is 4. The van der Waals surface area contributed by atoms with Gasteiger partial charge in [-0.05, 0) is 55.1 Å². The number of hydrogen-bond donors (Lipinski definition) is 1. The molecule has 7 heteroatoms. The Morgan fingerprint density at radius 1 is 1.12 bits per heavy atom. The van der Waals surface area contributed by atoms with E-state index in [0.29, 0.717) is 22.7 Å². The molecule has 2 aliphatic carbocycles. The summed E-state index contributed by atoms with van der Waals surface area (Å²) < 4.78 is 38.5. The fourth-order valence-corrected chi connectivity index (χ4v) is 4.56. The van der Waals surface area contributed by atoms with Crippen LogP contribution in [0.25, 0.3) is 11.1 Å². The summed E-state index contributed by atoms with van der Waals surface area (Å²) in [6, 6.07) is 5.60. The fourth-order valence-electron chi connectivity index (χ4n) is 4.22. The van der Waals surface area contributed by atoms with Crippen LogP contribution >= 0.6 is 11.8 Å². The van der Waals surface area contributed by atoms with Gasteiger partial charge in [0.2, 0.25) is 0 Å². The lowest BCUT2D eigenvalue weighted by atomic mass is 9.95. The van der Waals surface area contributed by atoms with Gasteiger partial charge in [-0.15, -0.1) is 0 Å². The highest BCUT2D eigenvalue weighted by molar-refractivity contribution is 7.98. The zero-order valence-corrected chi connectivity index (χ0v) is 15.2. The molecule has 2 fully saturated rings. The summed E-state index contributed by atoms with van der Waals surface area (Å²) in [5.74, 6) is 2.20. The standard InChI is InChI=1S/C19H20F3N3S/c1-26-18-23-10-15(12-4-6-14(7-5-12)19(20,21)22)17(25-18)24-16-9-11-2-3-13(16)8-11/h4-7,10-11,13,16H,2-3,8-9H2,1H3,(H,23,24,25)/t11-,13+,16-/m1/s1. The van der Waals surface area contributed by atoms with E-state index in [4.69, 9.17) is 0 Å². The summed E-state index contributed by atoms with van der Waals surface area (Å²) in [4.78, 5) is 8.92. The van der Waals surface area contributed by atoms with Gasteiger partial charge in [0.25, 0.3) is 0 Å². The Balaban J connectivity index is 1.65. The van der Waals surface area contributed by atoms with E-state index < -0.39 is 11.7 Å². The SMILES string of the molecule is CSc1ncc(-c2ccc(C(F)(F)F)cc2)c(N[C@@H]2C[C@@H]3CC[C@H]2C3)n1. The molecule has 1 aromatic carbocycles. The molecule has 1 N–H and O–H groups in total. The Labute approximate surface area is 154 Å². The average molecular weight is 379 g/mol. The van der Waals surface area contributed by atoms with Crippen molar-refractivity contribution in [3.05, 3.63) is 36.0 Å². The minimum atomic E-state index is -4.33. The maximum atomic E-state index is 12.8. The van der Waals surface area contributed by atoms with E-state index in [1.807, 2.05) is 6.26 Å². The summed E-state index contributed by atoms with van der Waals surface area (Å²) in [5, 5.41) is 4.23. The molecule has 1 aromatic heterocycles. The topological polar surface area (TPSA) is 37.8 Å². The van der Waals surface area contributed by atoms with Crippen molar-refractivity contribution in [1.82, 2.24) is 9.97 Å². The lowest BCUT2D eigenvalue weighted by Gasteiger charge is -2.24. The number of hydrogen-bond acceptors (Lipinski definition) is 4. The van der Waals surface area contributed by atoms with E-state index in [0.717, 1.165) is 35.9 Å². The molecule has 3 atom stereocenters. The van der Waals surface area contributed by atoms with Gasteiger partial charge in [0, 0.05) is 17.8 Å². The summed E-state index contributed by atoms with van der Waals surface area (Å²) >= 11 is 1.45. The van der Waals surface area contributed by atoms with Gasteiger partial charge in [0.15, 0.2) is 5.16 Å². The average Bonchev–Trinajstić information content (AvgIpc) is 3.24. The van der Waals surface area contributed by atoms with Gasteiger partial charge >= 0.3 is 6.18 Å². The van der Waals surface area contributed by atoms with Crippen molar-refractivity contribution in [2.24, 2.45) is 11.8 Å². The number of alkyl halides is 3. The van der Waals surface area contributed by atoms with Gasteiger partial charge in [-0.2, -0.15) is 13.2 Å². The fraction of sp³-hybridized carbons (Fsp3) is 0.474. The largest absolute Gasteiger partial charge is 0.416 e. The predicted molar refractivity (Wildman–Crippen MR) is 97.1 cm³/mol. The van der Waals surface area contributed by atoms with E-state index in [-0.39, 0.29) is 0 Å². The number of fused-ring (bicyclic) bond motifs is 2. The molecule has 1 heterocycles. The van der Waals surface area contributed by atoms with Crippen molar-refractivity contribution < 1.29 is 13.2 Å². The minimum Gasteiger partial charge on any atom is -0.366 e. The predicted octanol–water partition coefficient (Wildman–Crippen LogP) is 5.48. The van der Waals surface area contributed by atoms with Crippen LogP contribution in [0.4, 0.5) is 19.0 Å². The molecule has 2 aromatic rings. The lowest BCUT2D eigenvalue weighted by molar-refractivity contribution is -0.137. The third kappa shape index (κ3) is 3.41. The molecule has 2 bridgehead atoms. The second-order valence-corrected chi connectivity index (χ2v) is 7.89. The van der Waals surface area contributed by atoms with Gasteiger partial charge in [-0.25, -0.2) is 9.97 Å². The normalized spacial score (nSPS) is 24.8. The maximum Gasteiger partial charge on any atom is 0.416 e. The molecule has 0 amide bonds. The Hall–Kier alpha value is -1.76. The first-order valence-corrected chi connectivity index (χ1v) is 10.0. The highest BCUT2D eigenvalue weighted by atomic mass is 32.2. The second-order valence-electron chi connectivity index (χ2n) is 7.12. The Morgan fingerprint density at radius 2 is 1.88 bits per heavy atom. The molecule has 0 saturated heterocycles. The molecule has 26 heavy (non-hydrogen) atoms. The zero-order chi connectivity index (χ0) is 18.3. The molecule has 4 rings (SSSR count). The molecule has 0 radical (unpaired) electrons. The number of benzene rings is 1. The first-order valence-electron chi connectivity index (χ1n) is 8.79. The first-order chi connectivity index (χ1) is 12.4. The molecule has 0 aliphatic heterocycles. The summed E-state index contributed by atoms with van der Waals surface area (Å²) in [5.41, 5.74) is 0.793. The number of aromatic nitrogens is 2. The van der Waals surface area contributed by atoms with Crippen molar-refractivity contribution in [2.75, 3.05) is 11.6 Å². The molecule has 2 saturated carbocycles. The Kier molecular flexibility index (Phi) is 4.59. The van der Waals surface area contributed by atoms with Crippen LogP contribution in [0, 0.1) is 11.8 Å². The van der Waals surface area contributed by atoms with Crippen LogP contribution < -0.4 is 5.32 Å². The summed E-state index contributed by atoms with van der Waals surface area (Å²) in [7, 11) is 0. The highest BCUT2D eigenvalue weighted by Crippen LogP contribution is 2.46. The van der Waals surface area contributed by atoms with Gasteiger partial charge in [-0.1, -0.05) is 30.3 Å². The smallest absolute Gasteiger partial charge is 0.366 e. The molecule has 0 spiro atoms. The van der Waals surface area contributed by atoms with Crippen molar-refractivity contribution in [2.45, 2.75) is 43.1 Å². The number of anilines is 1. The van der Waals surface area contributed by atoms with Crippen LogP contribution in [0.3, 0.4) is 0 Å². The molecule has 138 valence electrons.